The van der Waals surface area contributed by atoms with Crippen LogP contribution in [0.25, 0.3) is 0 Å². The van der Waals surface area contributed by atoms with Gasteiger partial charge in [0.05, 0.1) is 5.56 Å². The van der Waals surface area contributed by atoms with Crippen molar-refractivity contribution in [3.05, 3.63) is 81.5 Å². The van der Waals surface area contributed by atoms with Gasteiger partial charge in [-0.15, -0.1) is 10.2 Å². The number of carbonyl (C=O) groups is 1. The fourth-order valence-corrected chi connectivity index (χ4v) is 3.97. The molecule has 4 nitrogen and oxygen atoms in total. The van der Waals surface area contributed by atoms with Crippen LogP contribution in [0.1, 0.15) is 28.4 Å². The number of amides is 1. The molecule has 3 aromatic rings. The number of rotatable bonds is 7. The van der Waals surface area contributed by atoms with Gasteiger partial charge in [-0.2, -0.15) is 0 Å². The van der Waals surface area contributed by atoms with Crippen LogP contribution in [0.4, 0.5) is 0 Å². The Hall–Kier alpha value is -2.08. The summed E-state index contributed by atoms with van der Waals surface area (Å²) in [5, 5.41) is 12.3. The molecule has 0 saturated carbocycles. The second-order valence-electron chi connectivity index (χ2n) is 6.89. The molecule has 3 rings (SSSR count). The number of halogens is 2. The smallest absolute Gasteiger partial charge is 0.254 e. The number of aromatic nitrogens is 2. The van der Waals surface area contributed by atoms with Gasteiger partial charge >= 0.3 is 0 Å². The SMILES string of the molecule is Cc1ccccc1CC(C)CNC(=O)c1cc(Cl)nnc1Sc1ccc(Cl)cc1. The summed E-state index contributed by atoms with van der Waals surface area (Å²) in [6.07, 6.45) is 0.898. The van der Waals surface area contributed by atoms with Crippen molar-refractivity contribution in [2.24, 2.45) is 5.92 Å². The zero-order valence-corrected chi connectivity index (χ0v) is 18.5. The number of benzene rings is 2. The lowest BCUT2D eigenvalue weighted by molar-refractivity contribution is 0.0944. The quantitative estimate of drug-likeness (QED) is 0.495. The molecule has 0 radical (unpaired) electrons. The fourth-order valence-electron chi connectivity index (χ4n) is 2.86. The Labute approximate surface area is 185 Å². The van der Waals surface area contributed by atoms with Crippen molar-refractivity contribution in [1.29, 1.82) is 0 Å². The summed E-state index contributed by atoms with van der Waals surface area (Å²) in [5.41, 5.74) is 2.97. The summed E-state index contributed by atoms with van der Waals surface area (Å²) in [6.45, 7) is 4.78. The van der Waals surface area contributed by atoms with E-state index in [4.69, 9.17) is 23.2 Å². The van der Waals surface area contributed by atoms with Crippen LogP contribution < -0.4 is 5.32 Å². The van der Waals surface area contributed by atoms with Gasteiger partial charge in [-0.1, -0.05) is 66.2 Å². The fraction of sp³-hybridized carbons (Fsp3) is 0.227. The minimum absolute atomic E-state index is 0.184. The van der Waals surface area contributed by atoms with Crippen LogP contribution in [-0.2, 0) is 6.42 Å². The molecular formula is C22H21Cl2N3OS. The molecule has 1 amide bonds. The van der Waals surface area contributed by atoms with E-state index in [9.17, 15) is 4.79 Å². The van der Waals surface area contributed by atoms with E-state index in [-0.39, 0.29) is 17.0 Å². The van der Waals surface area contributed by atoms with E-state index < -0.39 is 0 Å². The van der Waals surface area contributed by atoms with Crippen molar-refractivity contribution in [2.75, 3.05) is 6.54 Å². The van der Waals surface area contributed by atoms with Crippen LogP contribution in [0.15, 0.2) is 64.5 Å². The molecule has 1 heterocycles. The van der Waals surface area contributed by atoms with Gasteiger partial charge in [0.2, 0.25) is 0 Å². The average molecular weight is 446 g/mol. The van der Waals surface area contributed by atoms with Gasteiger partial charge in [-0.05, 0) is 60.7 Å². The molecule has 1 atom stereocenters. The van der Waals surface area contributed by atoms with Crippen molar-refractivity contribution in [1.82, 2.24) is 15.5 Å². The molecule has 0 aliphatic rings. The van der Waals surface area contributed by atoms with Gasteiger partial charge in [0.25, 0.3) is 5.91 Å². The highest BCUT2D eigenvalue weighted by Gasteiger charge is 2.17. The monoisotopic (exact) mass is 445 g/mol. The average Bonchev–Trinajstić information content (AvgIpc) is 2.71. The van der Waals surface area contributed by atoms with Crippen LogP contribution in [0.3, 0.4) is 0 Å². The second kappa shape index (κ2) is 10.1. The van der Waals surface area contributed by atoms with Crippen LogP contribution in [0.2, 0.25) is 10.2 Å². The van der Waals surface area contributed by atoms with Crippen LogP contribution >= 0.6 is 35.0 Å². The molecule has 1 unspecified atom stereocenters. The van der Waals surface area contributed by atoms with Gasteiger partial charge in [-0.25, -0.2) is 0 Å². The number of nitrogens with one attached hydrogen (secondary N) is 1. The highest BCUT2D eigenvalue weighted by molar-refractivity contribution is 7.99. The van der Waals surface area contributed by atoms with Gasteiger partial charge in [-0.3, -0.25) is 4.79 Å². The predicted molar refractivity (Wildman–Crippen MR) is 119 cm³/mol. The van der Waals surface area contributed by atoms with Crippen molar-refractivity contribution < 1.29 is 4.79 Å². The normalized spacial score (nSPS) is 11.9. The van der Waals surface area contributed by atoms with Crippen molar-refractivity contribution >= 4 is 40.9 Å². The van der Waals surface area contributed by atoms with Gasteiger partial charge in [0, 0.05) is 16.5 Å². The number of hydrogen-bond acceptors (Lipinski definition) is 4. The highest BCUT2D eigenvalue weighted by atomic mass is 35.5. The summed E-state index contributed by atoms with van der Waals surface area (Å²) < 4.78 is 0. The number of nitrogens with zero attached hydrogens (tertiary/aromatic N) is 2. The zero-order chi connectivity index (χ0) is 20.8. The molecule has 0 aliphatic carbocycles. The third-order valence-electron chi connectivity index (χ3n) is 4.44. The molecule has 1 aromatic heterocycles. The predicted octanol–water partition coefficient (Wildman–Crippen LogP) is 5.85. The maximum Gasteiger partial charge on any atom is 0.254 e. The van der Waals surface area contributed by atoms with E-state index >= 15 is 0 Å². The van der Waals surface area contributed by atoms with Crippen molar-refractivity contribution in [3.63, 3.8) is 0 Å². The van der Waals surface area contributed by atoms with E-state index in [0.717, 1.165) is 11.3 Å². The number of carbonyl (C=O) groups excluding carboxylic acids is 1. The first-order chi connectivity index (χ1) is 13.9. The molecule has 2 aromatic carbocycles. The summed E-state index contributed by atoms with van der Waals surface area (Å²) in [7, 11) is 0. The Morgan fingerprint density at radius 3 is 2.55 bits per heavy atom. The molecular weight excluding hydrogens is 425 g/mol. The first-order valence-corrected chi connectivity index (χ1v) is 10.8. The second-order valence-corrected chi connectivity index (χ2v) is 8.77. The van der Waals surface area contributed by atoms with Crippen LogP contribution in [0.5, 0.6) is 0 Å². The van der Waals surface area contributed by atoms with Crippen LogP contribution in [-0.4, -0.2) is 22.6 Å². The van der Waals surface area contributed by atoms with Crippen LogP contribution in [0, 0.1) is 12.8 Å². The molecule has 29 heavy (non-hydrogen) atoms. The Balaban J connectivity index is 1.67. The maximum absolute atomic E-state index is 12.8. The summed E-state index contributed by atoms with van der Waals surface area (Å²) in [6, 6.07) is 17.2. The summed E-state index contributed by atoms with van der Waals surface area (Å²) >= 11 is 13.3. The van der Waals surface area contributed by atoms with Crippen molar-refractivity contribution in [3.8, 4) is 0 Å². The Bertz CT molecular complexity index is 996. The van der Waals surface area contributed by atoms with Gasteiger partial charge in [0.15, 0.2) is 5.15 Å². The molecule has 0 spiro atoms. The van der Waals surface area contributed by atoms with E-state index in [0.29, 0.717) is 22.2 Å². The Morgan fingerprint density at radius 1 is 1.10 bits per heavy atom. The molecule has 1 N–H and O–H groups in total. The first kappa shape index (κ1) is 21.6. The molecule has 0 saturated heterocycles. The molecule has 150 valence electrons. The summed E-state index contributed by atoms with van der Waals surface area (Å²) in [4.78, 5) is 13.7. The lowest BCUT2D eigenvalue weighted by atomic mass is 9.97. The molecule has 0 aliphatic heterocycles. The van der Waals surface area contributed by atoms with Gasteiger partial charge < -0.3 is 5.32 Å². The Morgan fingerprint density at radius 2 is 1.83 bits per heavy atom. The van der Waals surface area contributed by atoms with E-state index in [1.54, 1.807) is 18.2 Å². The largest absolute Gasteiger partial charge is 0.352 e. The lowest BCUT2D eigenvalue weighted by Gasteiger charge is -2.15. The van der Waals surface area contributed by atoms with E-state index in [2.05, 4.69) is 41.5 Å². The molecule has 0 fully saturated rings. The number of aryl methyl sites for hydroxylation is 1. The van der Waals surface area contributed by atoms with Crippen molar-refractivity contribution in [2.45, 2.75) is 30.2 Å². The van der Waals surface area contributed by atoms with Gasteiger partial charge in [0.1, 0.15) is 5.03 Å². The standard InChI is InChI=1S/C22H21Cl2N3OS/c1-14(11-16-6-4-3-5-15(16)2)13-25-21(28)19-12-20(24)26-27-22(19)29-18-9-7-17(23)8-10-18/h3-10,12,14H,11,13H2,1-2H3,(H,25,28). The van der Waals surface area contributed by atoms with E-state index in [1.807, 2.05) is 24.3 Å². The molecule has 0 bridgehead atoms. The highest BCUT2D eigenvalue weighted by Crippen LogP contribution is 2.30. The topological polar surface area (TPSA) is 54.9 Å². The third-order valence-corrected chi connectivity index (χ3v) is 5.88. The summed E-state index contributed by atoms with van der Waals surface area (Å²) in [5.74, 6) is 0.0765. The Kier molecular flexibility index (Phi) is 7.53. The first-order valence-electron chi connectivity index (χ1n) is 9.21. The minimum atomic E-state index is -0.213. The third kappa shape index (κ3) is 6.20. The minimum Gasteiger partial charge on any atom is -0.352 e. The number of hydrogen-bond donors (Lipinski definition) is 1. The van der Waals surface area contributed by atoms with E-state index in [1.165, 1.54) is 22.9 Å². The maximum atomic E-state index is 12.8. The molecule has 7 heteroatoms. The lowest BCUT2D eigenvalue weighted by Crippen LogP contribution is -2.29. The zero-order valence-electron chi connectivity index (χ0n) is 16.2.